The molecule has 128 valence electrons. The van der Waals surface area contributed by atoms with E-state index in [9.17, 15) is 23.1 Å². The Morgan fingerprint density at radius 2 is 2.04 bits per heavy atom. The molecule has 0 aliphatic carbocycles. The van der Waals surface area contributed by atoms with Gasteiger partial charge < -0.3 is 15.0 Å². The molecule has 2 aromatic rings. The lowest BCUT2D eigenvalue weighted by Gasteiger charge is -2.26. The van der Waals surface area contributed by atoms with Gasteiger partial charge in [-0.2, -0.15) is 13.2 Å². The summed E-state index contributed by atoms with van der Waals surface area (Å²) in [6.45, 7) is -0.0354. The fraction of sp³-hybridized carbons (Fsp3) is 0.312. The molecule has 0 radical (unpaired) electrons. The molecule has 0 unspecified atom stereocenters. The van der Waals surface area contributed by atoms with Crippen molar-refractivity contribution in [2.24, 2.45) is 0 Å². The topological polar surface area (TPSA) is 56.3 Å². The van der Waals surface area contributed by atoms with Gasteiger partial charge in [-0.05, 0) is 24.1 Å². The molecule has 8 heteroatoms. The van der Waals surface area contributed by atoms with Crippen LogP contribution in [0.4, 0.5) is 13.2 Å². The van der Waals surface area contributed by atoms with Crippen LogP contribution in [0, 0.1) is 0 Å². The summed E-state index contributed by atoms with van der Waals surface area (Å²) in [5, 5.41) is 10.2. The summed E-state index contributed by atoms with van der Waals surface area (Å²) in [6, 6.07) is 5.66. The molecule has 2 atom stereocenters. The minimum Gasteiger partial charge on any atom is -0.391 e. The molecule has 0 spiro atoms. The first-order chi connectivity index (χ1) is 11.3. The normalized spacial score (nSPS) is 21.3. The van der Waals surface area contributed by atoms with E-state index in [0.717, 1.165) is 6.07 Å². The number of nitrogens with one attached hydrogen (secondary N) is 1. The first kappa shape index (κ1) is 16.9. The van der Waals surface area contributed by atoms with Gasteiger partial charge in [-0.3, -0.25) is 4.79 Å². The third kappa shape index (κ3) is 3.14. The fourth-order valence-electron chi connectivity index (χ4n) is 3.02. The number of alkyl halides is 3. The first-order valence-electron chi connectivity index (χ1n) is 7.26. The van der Waals surface area contributed by atoms with Crippen LogP contribution in [0.2, 0.25) is 5.02 Å². The van der Waals surface area contributed by atoms with Gasteiger partial charge in [0.25, 0.3) is 5.91 Å². The first-order valence-corrected chi connectivity index (χ1v) is 7.64. The van der Waals surface area contributed by atoms with Crippen molar-refractivity contribution < 1.29 is 23.1 Å². The second kappa shape index (κ2) is 6.14. The molecule has 1 fully saturated rings. The number of amides is 1. The Morgan fingerprint density at radius 3 is 2.67 bits per heavy atom. The third-order valence-electron chi connectivity index (χ3n) is 4.04. The van der Waals surface area contributed by atoms with Crippen molar-refractivity contribution in [2.75, 3.05) is 6.54 Å². The van der Waals surface area contributed by atoms with E-state index in [1.165, 1.54) is 35.4 Å². The zero-order chi connectivity index (χ0) is 17.5. The van der Waals surface area contributed by atoms with Crippen molar-refractivity contribution in [1.29, 1.82) is 0 Å². The maximum Gasteiger partial charge on any atom is 0.416 e. The van der Waals surface area contributed by atoms with Crippen LogP contribution in [0.5, 0.6) is 0 Å². The van der Waals surface area contributed by atoms with Crippen LogP contribution >= 0.6 is 11.6 Å². The largest absolute Gasteiger partial charge is 0.416 e. The number of carbonyl (C=O) groups excluding carboxylic acids is 1. The average Bonchev–Trinajstić information content (AvgIpc) is 3.12. The molecule has 1 aliphatic rings. The van der Waals surface area contributed by atoms with Crippen LogP contribution < -0.4 is 0 Å². The number of hydrogen-bond donors (Lipinski definition) is 2. The molecule has 1 aliphatic heterocycles. The minimum atomic E-state index is -4.53. The molecule has 0 saturated carbocycles. The SMILES string of the molecule is O=C(c1cc(Cl)c[nH]1)N1C[C@H](O)C[C@@H]1c1ccccc1C(F)(F)F. The number of hydrogen-bond acceptors (Lipinski definition) is 2. The maximum atomic E-state index is 13.3. The molecule has 4 nitrogen and oxygen atoms in total. The molecule has 0 bridgehead atoms. The van der Waals surface area contributed by atoms with Crippen molar-refractivity contribution in [3.05, 3.63) is 58.4 Å². The van der Waals surface area contributed by atoms with Crippen LogP contribution in [-0.4, -0.2) is 33.5 Å². The molecule has 3 rings (SSSR count). The summed E-state index contributed by atoms with van der Waals surface area (Å²) < 4.78 is 39.8. The molecule has 1 aromatic carbocycles. The summed E-state index contributed by atoms with van der Waals surface area (Å²) in [7, 11) is 0. The molecule has 1 amide bonds. The fourth-order valence-corrected chi connectivity index (χ4v) is 3.19. The molecular formula is C16H14ClF3N2O2. The molecule has 1 saturated heterocycles. The predicted octanol–water partition coefficient (Wildman–Crippen LogP) is 3.64. The Morgan fingerprint density at radius 1 is 1.33 bits per heavy atom. The van der Waals surface area contributed by atoms with E-state index in [4.69, 9.17) is 11.6 Å². The van der Waals surface area contributed by atoms with E-state index >= 15 is 0 Å². The van der Waals surface area contributed by atoms with Gasteiger partial charge in [-0.25, -0.2) is 0 Å². The third-order valence-corrected chi connectivity index (χ3v) is 4.26. The van der Waals surface area contributed by atoms with Crippen molar-refractivity contribution in [3.63, 3.8) is 0 Å². The lowest BCUT2D eigenvalue weighted by atomic mass is 9.97. The lowest BCUT2D eigenvalue weighted by molar-refractivity contribution is -0.138. The van der Waals surface area contributed by atoms with E-state index in [1.54, 1.807) is 0 Å². The number of rotatable bonds is 2. The average molecular weight is 359 g/mol. The van der Waals surface area contributed by atoms with Crippen molar-refractivity contribution in [2.45, 2.75) is 24.7 Å². The van der Waals surface area contributed by atoms with Gasteiger partial charge in [0.2, 0.25) is 0 Å². The summed E-state index contributed by atoms with van der Waals surface area (Å²) in [6.07, 6.45) is -3.95. The lowest BCUT2D eigenvalue weighted by Crippen LogP contribution is -2.32. The number of aromatic nitrogens is 1. The number of likely N-dealkylation sites (tertiary alicyclic amines) is 1. The van der Waals surface area contributed by atoms with Gasteiger partial charge in [0, 0.05) is 12.7 Å². The van der Waals surface area contributed by atoms with Gasteiger partial charge in [0.15, 0.2) is 0 Å². The molecule has 24 heavy (non-hydrogen) atoms. The van der Waals surface area contributed by atoms with Crippen molar-refractivity contribution in [3.8, 4) is 0 Å². The number of aliphatic hydroxyl groups excluding tert-OH is 1. The number of β-amino-alcohol motifs (C(OH)–C–C–N with tert-alkyl or cyclic N) is 1. The highest BCUT2D eigenvalue weighted by Crippen LogP contribution is 2.40. The number of benzene rings is 1. The summed E-state index contributed by atoms with van der Waals surface area (Å²) >= 11 is 5.78. The molecule has 1 aromatic heterocycles. The standard InChI is InChI=1S/C16H14ClF3N2O2/c17-9-5-13(21-7-9)15(24)22-8-10(23)6-14(22)11-3-1-2-4-12(11)16(18,19)20/h1-5,7,10,14,21,23H,6,8H2/t10-,14-/m1/s1. The van der Waals surface area contributed by atoms with Gasteiger partial charge in [0.05, 0.1) is 22.7 Å². The van der Waals surface area contributed by atoms with Crippen LogP contribution in [0.1, 0.15) is 34.1 Å². The second-order valence-electron chi connectivity index (χ2n) is 5.68. The second-order valence-corrected chi connectivity index (χ2v) is 6.12. The van der Waals surface area contributed by atoms with Gasteiger partial charge in [0.1, 0.15) is 5.69 Å². The predicted molar refractivity (Wildman–Crippen MR) is 81.6 cm³/mol. The van der Waals surface area contributed by atoms with E-state index in [1.807, 2.05) is 0 Å². The Kier molecular flexibility index (Phi) is 4.31. The zero-order valence-electron chi connectivity index (χ0n) is 12.3. The van der Waals surface area contributed by atoms with Crippen LogP contribution in [0.25, 0.3) is 0 Å². The smallest absolute Gasteiger partial charge is 0.391 e. The summed E-state index contributed by atoms with van der Waals surface area (Å²) in [4.78, 5) is 16.5. The zero-order valence-corrected chi connectivity index (χ0v) is 13.1. The Labute approximate surface area is 140 Å². The summed E-state index contributed by atoms with van der Waals surface area (Å²) in [5.41, 5.74) is -0.650. The van der Waals surface area contributed by atoms with Crippen molar-refractivity contribution >= 4 is 17.5 Å². The number of carbonyl (C=O) groups is 1. The molecule has 2 heterocycles. The number of aromatic amines is 1. The maximum absolute atomic E-state index is 13.3. The number of aliphatic hydroxyl groups is 1. The van der Waals surface area contributed by atoms with E-state index < -0.39 is 29.8 Å². The minimum absolute atomic E-state index is 0.0208. The van der Waals surface area contributed by atoms with Gasteiger partial charge in [-0.1, -0.05) is 29.8 Å². The van der Waals surface area contributed by atoms with Gasteiger partial charge in [-0.15, -0.1) is 0 Å². The Balaban J connectivity index is 1.99. The molecule has 2 N–H and O–H groups in total. The number of nitrogens with zero attached hydrogens (tertiary/aromatic N) is 1. The monoisotopic (exact) mass is 358 g/mol. The summed E-state index contributed by atoms with van der Waals surface area (Å²) in [5.74, 6) is -0.500. The Bertz CT molecular complexity index is 760. The highest BCUT2D eigenvalue weighted by Gasteiger charge is 2.41. The number of H-pyrrole nitrogens is 1. The van der Waals surface area contributed by atoms with E-state index in [-0.39, 0.29) is 24.2 Å². The van der Waals surface area contributed by atoms with Gasteiger partial charge >= 0.3 is 6.18 Å². The van der Waals surface area contributed by atoms with Crippen LogP contribution in [0.3, 0.4) is 0 Å². The quantitative estimate of drug-likeness (QED) is 0.861. The highest BCUT2D eigenvalue weighted by molar-refractivity contribution is 6.30. The van der Waals surface area contributed by atoms with Crippen LogP contribution in [0.15, 0.2) is 36.5 Å². The number of halogens is 4. The van der Waals surface area contributed by atoms with E-state index in [0.29, 0.717) is 5.02 Å². The Hall–Kier alpha value is -1.99. The molecular weight excluding hydrogens is 345 g/mol. The highest BCUT2D eigenvalue weighted by atomic mass is 35.5. The van der Waals surface area contributed by atoms with E-state index in [2.05, 4.69) is 4.98 Å². The van der Waals surface area contributed by atoms with Crippen molar-refractivity contribution in [1.82, 2.24) is 9.88 Å². The van der Waals surface area contributed by atoms with Crippen LogP contribution in [-0.2, 0) is 6.18 Å².